The van der Waals surface area contributed by atoms with Gasteiger partial charge in [-0.15, -0.1) is 0 Å². The Hall–Kier alpha value is -1.67. The maximum Gasteiger partial charge on any atom is 0.154 e. The monoisotopic (exact) mass is 321 g/mol. The molecular formula is C22H27NO. The van der Waals surface area contributed by atoms with Gasteiger partial charge in [0.1, 0.15) is 0 Å². The van der Waals surface area contributed by atoms with E-state index in [-0.39, 0.29) is 17.0 Å². The number of hydrogen-bond donors (Lipinski definition) is 1. The van der Waals surface area contributed by atoms with Crippen molar-refractivity contribution < 1.29 is 4.79 Å². The summed E-state index contributed by atoms with van der Waals surface area (Å²) in [5, 5.41) is 6.17. The number of nitrogens with one attached hydrogen (secondary N) is 1. The first kappa shape index (κ1) is 15.8. The molecule has 24 heavy (non-hydrogen) atoms. The lowest BCUT2D eigenvalue weighted by Gasteiger charge is -2.49. The molecule has 2 aliphatic rings. The van der Waals surface area contributed by atoms with Gasteiger partial charge in [0.25, 0.3) is 0 Å². The van der Waals surface area contributed by atoms with Crippen molar-refractivity contribution >= 4 is 16.6 Å². The van der Waals surface area contributed by atoms with Crippen LogP contribution in [-0.4, -0.2) is 17.4 Å². The lowest BCUT2D eigenvalue weighted by Crippen LogP contribution is -2.62. The highest BCUT2D eigenvalue weighted by Crippen LogP contribution is 2.54. The number of piperidine rings is 1. The third kappa shape index (κ3) is 2.39. The summed E-state index contributed by atoms with van der Waals surface area (Å²) in [6.45, 7) is 7.03. The van der Waals surface area contributed by atoms with Gasteiger partial charge in [-0.3, -0.25) is 4.79 Å². The molecule has 2 heteroatoms. The van der Waals surface area contributed by atoms with Crippen molar-refractivity contribution in [2.24, 2.45) is 11.3 Å². The Labute approximate surface area is 144 Å². The number of hydrogen-bond acceptors (Lipinski definition) is 2. The van der Waals surface area contributed by atoms with Crippen LogP contribution in [0.1, 0.15) is 45.6 Å². The molecule has 2 nitrogen and oxygen atoms in total. The van der Waals surface area contributed by atoms with Crippen LogP contribution in [0, 0.1) is 11.3 Å². The Morgan fingerprint density at radius 3 is 2.62 bits per heavy atom. The fourth-order valence-electron chi connectivity index (χ4n) is 4.88. The Morgan fingerprint density at radius 2 is 1.88 bits per heavy atom. The molecule has 0 radical (unpaired) electrons. The van der Waals surface area contributed by atoms with E-state index < -0.39 is 0 Å². The number of rotatable bonds is 3. The number of carbonyl (C=O) groups is 1. The van der Waals surface area contributed by atoms with Crippen LogP contribution in [0.5, 0.6) is 0 Å². The second-order valence-corrected chi connectivity index (χ2v) is 8.55. The van der Waals surface area contributed by atoms with Crippen molar-refractivity contribution in [2.75, 3.05) is 0 Å². The average molecular weight is 321 g/mol. The smallest absolute Gasteiger partial charge is 0.154 e. The second kappa shape index (κ2) is 5.42. The maximum absolute atomic E-state index is 12.9. The van der Waals surface area contributed by atoms with E-state index in [1.807, 2.05) is 0 Å². The molecule has 2 aromatic rings. The minimum Gasteiger partial charge on any atom is -0.302 e. The van der Waals surface area contributed by atoms with E-state index in [0.29, 0.717) is 18.1 Å². The number of Topliss-reactive ketones (excluding diaryl/α,β-unsaturated/α-hetero) is 1. The van der Waals surface area contributed by atoms with Crippen molar-refractivity contribution in [1.29, 1.82) is 0 Å². The summed E-state index contributed by atoms with van der Waals surface area (Å²) in [5.41, 5.74) is 1.51. The molecule has 2 bridgehead atoms. The molecule has 1 aliphatic heterocycles. The van der Waals surface area contributed by atoms with Crippen LogP contribution < -0.4 is 5.32 Å². The summed E-state index contributed by atoms with van der Waals surface area (Å²) in [7, 11) is 0. The minimum absolute atomic E-state index is 0.0157. The second-order valence-electron chi connectivity index (χ2n) is 8.55. The van der Waals surface area contributed by atoms with Gasteiger partial charge in [0, 0.05) is 12.0 Å². The summed E-state index contributed by atoms with van der Waals surface area (Å²) in [6, 6.07) is 14.7. The number of benzene rings is 2. The molecule has 1 N–H and O–H groups in total. The van der Waals surface area contributed by atoms with Crippen LogP contribution in [0.3, 0.4) is 0 Å². The van der Waals surface area contributed by atoms with E-state index in [1.165, 1.54) is 23.6 Å². The van der Waals surface area contributed by atoms with Crippen LogP contribution in [0.2, 0.25) is 0 Å². The first-order valence-electron chi connectivity index (χ1n) is 9.17. The summed E-state index contributed by atoms with van der Waals surface area (Å²) >= 11 is 0. The quantitative estimate of drug-likeness (QED) is 0.901. The predicted octanol–water partition coefficient (Wildman–Crippen LogP) is 4.51. The topological polar surface area (TPSA) is 29.1 Å². The van der Waals surface area contributed by atoms with Gasteiger partial charge in [0.05, 0.1) is 6.04 Å². The van der Waals surface area contributed by atoms with Gasteiger partial charge in [0.2, 0.25) is 0 Å². The molecule has 1 saturated heterocycles. The van der Waals surface area contributed by atoms with Crippen LogP contribution in [0.25, 0.3) is 10.8 Å². The van der Waals surface area contributed by atoms with E-state index in [1.54, 1.807) is 0 Å². The molecule has 1 heterocycles. The molecule has 0 aromatic heterocycles. The van der Waals surface area contributed by atoms with Gasteiger partial charge >= 0.3 is 0 Å². The van der Waals surface area contributed by atoms with Gasteiger partial charge in [0.15, 0.2) is 5.78 Å². The lowest BCUT2D eigenvalue weighted by molar-refractivity contribution is -0.123. The lowest BCUT2D eigenvalue weighted by atomic mass is 9.66. The normalized spacial score (nSPS) is 31.3. The van der Waals surface area contributed by atoms with Crippen molar-refractivity contribution in [3.63, 3.8) is 0 Å². The Morgan fingerprint density at radius 1 is 1.12 bits per heavy atom. The van der Waals surface area contributed by atoms with Crippen molar-refractivity contribution in [1.82, 2.24) is 5.32 Å². The molecular weight excluding hydrogens is 294 g/mol. The Bertz CT molecular complexity index is 793. The first-order valence-corrected chi connectivity index (χ1v) is 9.17. The molecule has 1 saturated carbocycles. The molecule has 2 aromatic carbocycles. The molecule has 1 aliphatic carbocycles. The summed E-state index contributed by atoms with van der Waals surface area (Å²) in [4.78, 5) is 12.9. The van der Waals surface area contributed by atoms with Gasteiger partial charge in [-0.05, 0) is 53.9 Å². The summed E-state index contributed by atoms with van der Waals surface area (Å²) < 4.78 is 0. The van der Waals surface area contributed by atoms with Gasteiger partial charge in [-0.25, -0.2) is 0 Å². The maximum atomic E-state index is 12.9. The van der Waals surface area contributed by atoms with Gasteiger partial charge in [-0.1, -0.05) is 56.3 Å². The van der Waals surface area contributed by atoms with E-state index in [0.717, 1.165) is 12.0 Å². The van der Waals surface area contributed by atoms with E-state index in [9.17, 15) is 4.79 Å². The van der Waals surface area contributed by atoms with E-state index in [2.05, 4.69) is 68.6 Å². The zero-order chi connectivity index (χ0) is 16.9. The van der Waals surface area contributed by atoms with Gasteiger partial charge in [-0.2, -0.15) is 0 Å². The number of ketones is 1. The van der Waals surface area contributed by atoms with Gasteiger partial charge < -0.3 is 5.32 Å². The molecule has 3 atom stereocenters. The fraction of sp³-hybridized carbons (Fsp3) is 0.500. The largest absolute Gasteiger partial charge is 0.302 e. The van der Waals surface area contributed by atoms with E-state index >= 15 is 0 Å². The zero-order valence-electron chi connectivity index (χ0n) is 14.9. The van der Waals surface area contributed by atoms with Crippen LogP contribution in [-0.2, 0) is 11.2 Å². The highest BCUT2D eigenvalue weighted by atomic mass is 16.1. The highest BCUT2D eigenvalue weighted by molar-refractivity contribution is 5.89. The SMILES string of the molecule is CC1(C)C2CC[C@]1(C)NC(C(=O)Cc1ccc3ccccc3c1)C2. The average Bonchev–Trinajstić information content (AvgIpc) is 2.70. The first-order chi connectivity index (χ1) is 11.4. The minimum atomic E-state index is 0.0157. The molecule has 2 fully saturated rings. The van der Waals surface area contributed by atoms with Crippen molar-refractivity contribution in [2.45, 2.75) is 58.0 Å². The Kier molecular flexibility index (Phi) is 3.58. The van der Waals surface area contributed by atoms with Crippen molar-refractivity contribution in [3.05, 3.63) is 48.0 Å². The predicted molar refractivity (Wildman–Crippen MR) is 99.1 cm³/mol. The number of fused-ring (bicyclic) bond motifs is 3. The molecule has 4 rings (SSSR count). The van der Waals surface area contributed by atoms with Crippen LogP contribution in [0.4, 0.5) is 0 Å². The van der Waals surface area contributed by atoms with Crippen molar-refractivity contribution in [3.8, 4) is 0 Å². The third-order valence-corrected chi connectivity index (χ3v) is 7.03. The van der Waals surface area contributed by atoms with Crippen LogP contribution >= 0.6 is 0 Å². The molecule has 2 unspecified atom stereocenters. The molecule has 126 valence electrons. The summed E-state index contributed by atoms with van der Waals surface area (Å²) in [6.07, 6.45) is 3.96. The van der Waals surface area contributed by atoms with Crippen LogP contribution in [0.15, 0.2) is 42.5 Å². The standard InChI is InChI=1S/C22H27NO/c1-21(2)18-10-11-22(21,3)23-19(14-18)20(24)13-15-8-9-16-6-4-5-7-17(16)12-15/h4-9,12,18-19,23H,10-11,13-14H2,1-3H3/t18?,19?,22-/m0/s1. The van der Waals surface area contributed by atoms with E-state index in [4.69, 9.17) is 0 Å². The highest BCUT2D eigenvalue weighted by Gasteiger charge is 2.56. The molecule has 0 amide bonds. The number of carbonyl (C=O) groups excluding carboxylic acids is 1. The third-order valence-electron chi connectivity index (χ3n) is 7.03. The fourth-order valence-corrected chi connectivity index (χ4v) is 4.88. The Balaban J connectivity index is 1.52. The molecule has 0 spiro atoms. The zero-order valence-corrected chi connectivity index (χ0v) is 14.9. The summed E-state index contributed by atoms with van der Waals surface area (Å²) in [5.74, 6) is 1.01.